The van der Waals surface area contributed by atoms with Gasteiger partial charge < -0.3 is 18.5 Å². The average molecular weight is 533 g/mol. The van der Waals surface area contributed by atoms with E-state index in [1.807, 2.05) is 12.1 Å². The Hall–Kier alpha value is -3.20. The Bertz CT molecular complexity index is 1090. The van der Waals surface area contributed by atoms with Crippen molar-refractivity contribution in [2.45, 2.75) is 58.0 Å². The zero-order valence-electron chi connectivity index (χ0n) is 21.1. The molecule has 3 rings (SSSR count). The van der Waals surface area contributed by atoms with E-state index < -0.39 is 30.8 Å². The Morgan fingerprint density at radius 3 is 1.95 bits per heavy atom. The lowest BCUT2D eigenvalue weighted by Gasteiger charge is -2.45. The summed E-state index contributed by atoms with van der Waals surface area (Å²) in [4.78, 5) is 39.9. The molecule has 10 nitrogen and oxygen atoms in total. The molecule has 1 aliphatic rings. The van der Waals surface area contributed by atoms with Crippen LogP contribution in [0.25, 0.3) is 0 Å². The van der Waals surface area contributed by atoms with Crippen LogP contribution in [0.3, 0.4) is 0 Å². The van der Waals surface area contributed by atoms with Gasteiger partial charge in [-0.25, -0.2) is 15.0 Å². The first-order valence-electron chi connectivity index (χ1n) is 12.3. The number of carbonyl (C=O) groups is 3. The van der Waals surface area contributed by atoms with Gasteiger partial charge in [-0.15, -0.1) is 0 Å². The van der Waals surface area contributed by atoms with Gasteiger partial charge in [0.05, 0.1) is 13.2 Å². The van der Waals surface area contributed by atoms with Crippen LogP contribution in [0, 0.1) is 0 Å². The van der Waals surface area contributed by atoms with Gasteiger partial charge in [-0.05, 0) is 44.2 Å². The number of ketones is 1. The van der Waals surface area contributed by atoms with Crippen molar-refractivity contribution in [3.05, 3.63) is 71.8 Å². The van der Waals surface area contributed by atoms with Crippen LogP contribution in [-0.4, -0.2) is 41.5 Å². The molecule has 0 aromatic heterocycles. The number of amides is 2. The van der Waals surface area contributed by atoms with Gasteiger partial charge in [-0.1, -0.05) is 60.7 Å². The third-order valence-electron chi connectivity index (χ3n) is 5.85. The van der Waals surface area contributed by atoms with Crippen LogP contribution in [0.15, 0.2) is 60.7 Å². The highest BCUT2D eigenvalue weighted by molar-refractivity contribution is 7.56. The number of benzene rings is 2. The second-order valence-corrected chi connectivity index (χ2v) is 10.6. The first-order valence-corrected chi connectivity index (χ1v) is 13.8. The van der Waals surface area contributed by atoms with Crippen LogP contribution in [0.1, 0.15) is 50.7 Å². The largest absolute Gasteiger partial charge is 0.443 e. The highest BCUT2D eigenvalue weighted by Crippen LogP contribution is 2.65. The number of nitrogens with one attached hydrogen (secondary N) is 1. The molecule has 1 unspecified atom stereocenters. The van der Waals surface area contributed by atoms with E-state index in [0.717, 1.165) is 0 Å². The Morgan fingerprint density at radius 1 is 0.892 bits per heavy atom. The molecular formula is C26H33N2O8P. The Balaban J connectivity index is 1.95. The summed E-state index contributed by atoms with van der Waals surface area (Å²) in [5.41, 5.74) is 3.73. The predicted octanol–water partition coefficient (Wildman–Crippen LogP) is 5.57. The number of rotatable bonds is 10. The minimum absolute atomic E-state index is 0.0212. The van der Waals surface area contributed by atoms with Crippen molar-refractivity contribution < 1.29 is 37.5 Å². The van der Waals surface area contributed by atoms with Gasteiger partial charge in [-0.3, -0.25) is 9.36 Å². The summed E-state index contributed by atoms with van der Waals surface area (Å²) >= 11 is 0. The molecule has 1 fully saturated rings. The maximum Gasteiger partial charge on any atom is 0.430 e. The van der Waals surface area contributed by atoms with Crippen LogP contribution in [0.4, 0.5) is 9.59 Å². The van der Waals surface area contributed by atoms with E-state index in [2.05, 4.69) is 5.43 Å². The normalized spacial score (nSPS) is 17.6. The highest BCUT2D eigenvalue weighted by atomic mass is 31.2. The van der Waals surface area contributed by atoms with Gasteiger partial charge in [0.1, 0.15) is 13.2 Å². The van der Waals surface area contributed by atoms with E-state index >= 15 is 0 Å². The number of hydrogen-bond acceptors (Lipinski definition) is 8. The number of hydrogen-bond donors (Lipinski definition) is 1. The van der Waals surface area contributed by atoms with E-state index in [1.165, 1.54) is 0 Å². The lowest BCUT2D eigenvalue weighted by Crippen LogP contribution is -2.64. The number of Topliss-reactive ketones (excluding diaryl/α,β-unsaturated/α-hetero) is 1. The highest BCUT2D eigenvalue weighted by Gasteiger charge is 2.64. The molecule has 0 saturated heterocycles. The molecule has 1 N–H and O–H groups in total. The van der Waals surface area contributed by atoms with Crippen molar-refractivity contribution in [1.29, 1.82) is 0 Å². The number of hydrazine groups is 1. The first-order chi connectivity index (χ1) is 17.9. The van der Waals surface area contributed by atoms with Crippen LogP contribution in [-0.2, 0) is 41.1 Å². The fourth-order valence-electron chi connectivity index (χ4n) is 4.16. The van der Waals surface area contributed by atoms with Gasteiger partial charge in [0.2, 0.25) is 5.28 Å². The number of carbonyl (C=O) groups excluding carboxylic acids is 3. The molecule has 1 saturated carbocycles. The van der Waals surface area contributed by atoms with Crippen LogP contribution in [0.2, 0.25) is 0 Å². The van der Waals surface area contributed by atoms with Gasteiger partial charge >= 0.3 is 19.8 Å². The molecule has 2 aromatic rings. The topological polar surface area (TPSA) is 120 Å². The SMILES string of the molecule is CCOP(=O)(OCC)C1(N(NC(=O)OCc2ccccc2)C(=O)OCc2ccccc2)CCCCC1=O. The molecule has 0 spiro atoms. The summed E-state index contributed by atoms with van der Waals surface area (Å²) in [7, 11) is -4.32. The maximum absolute atomic E-state index is 14.2. The molecule has 0 bridgehead atoms. The summed E-state index contributed by atoms with van der Waals surface area (Å²) in [6.07, 6.45) is -1.17. The van der Waals surface area contributed by atoms with E-state index in [9.17, 15) is 18.9 Å². The molecule has 1 aliphatic carbocycles. The fraction of sp³-hybridized carbons (Fsp3) is 0.423. The lowest BCUT2D eigenvalue weighted by atomic mass is 9.93. The van der Waals surface area contributed by atoms with E-state index in [4.69, 9.17) is 18.5 Å². The van der Waals surface area contributed by atoms with E-state index in [-0.39, 0.29) is 39.3 Å². The Morgan fingerprint density at radius 2 is 1.43 bits per heavy atom. The quantitative estimate of drug-likeness (QED) is 0.311. The molecule has 11 heteroatoms. The summed E-state index contributed by atoms with van der Waals surface area (Å²) < 4.78 is 36.0. The number of ether oxygens (including phenoxy) is 2. The Labute approximate surface area is 216 Å². The zero-order chi connectivity index (χ0) is 26.7. The molecule has 37 heavy (non-hydrogen) atoms. The third-order valence-corrected chi connectivity index (χ3v) is 8.63. The molecular weight excluding hydrogens is 499 g/mol. The minimum Gasteiger partial charge on any atom is -0.443 e. The monoisotopic (exact) mass is 532 g/mol. The lowest BCUT2D eigenvalue weighted by molar-refractivity contribution is -0.130. The van der Waals surface area contributed by atoms with Crippen molar-refractivity contribution in [3.63, 3.8) is 0 Å². The molecule has 0 heterocycles. The van der Waals surface area contributed by atoms with Crippen LogP contribution < -0.4 is 5.43 Å². The molecule has 0 aliphatic heterocycles. The van der Waals surface area contributed by atoms with Crippen molar-refractivity contribution in [2.75, 3.05) is 13.2 Å². The summed E-state index contributed by atoms with van der Waals surface area (Å²) in [6, 6.07) is 17.8. The maximum atomic E-state index is 14.2. The smallest absolute Gasteiger partial charge is 0.430 e. The van der Waals surface area contributed by atoms with Crippen molar-refractivity contribution in [1.82, 2.24) is 10.4 Å². The summed E-state index contributed by atoms with van der Waals surface area (Å²) in [5, 5.41) is -1.45. The first kappa shape index (κ1) is 28.4. The summed E-state index contributed by atoms with van der Waals surface area (Å²) in [6.45, 7) is 2.89. The van der Waals surface area contributed by atoms with E-state index in [1.54, 1.807) is 62.4 Å². The number of nitrogens with zero attached hydrogens (tertiary/aromatic N) is 1. The molecule has 0 radical (unpaired) electrons. The van der Waals surface area contributed by atoms with Gasteiger partial charge in [0, 0.05) is 6.42 Å². The van der Waals surface area contributed by atoms with Crippen LogP contribution in [0.5, 0.6) is 0 Å². The molecule has 200 valence electrons. The Kier molecular flexibility index (Phi) is 10.3. The second kappa shape index (κ2) is 13.4. The predicted molar refractivity (Wildman–Crippen MR) is 135 cm³/mol. The molecule has 1 atom stereocenters. The zero-order valence-corrected chi connectivity index (χ0v) is 22.0. The third kappa shape index (κ3) is 6.77. The van der Waals surface area contributed by atoms with Crippen LogP contribution >= 0.6 is 7.60 Å². The van der Waals surface area contributed by atoms with Crippen molar-refractivity contribution in [2.24, 2.45) is 0 Å². The van der Waals surface area contributed by atoms with Gasteiger partial charge in [0.25, 0.3) is 0 Å². The molecule has 2 aromatic carbocycles. The van der Waals surface area contributed by atoms with Gasteiger partial charge in [-0.2, -0.15) is 5.01 Å². The standard InChI is InChI=1S/C26H33N2O8P/c1-3-35-37(32,36-4-2)26(18-12-11-17-23(26)29)28(25(31)34-20-22-15-9-6-10-16-22)27-24(30)33-19-21-13-7-5-8-14-21/h5-10,13-16H,3-4,11-12,17-20H2,1-2H3,(H,27,30). The van der Waals surface area contributed by atoms with Gasteiger partial charge in [0.15, 0.2) is 5.78 Å². The van der Waals surface area contributed by atoms with Crippen molar-refractivity contribution in [3.8, 4) is 0 Å². The molecule has 2 amide bonds. The fourth-order valence-corrected chi connectivity index (χ4v) is 6.56. The second-order valence-electron chi connectivity index (χ2n) is 8.33. The minimum atomic E-state index is -4.32. The summed E-state index contributed by atoms with van der Waals surface area (Å²) in [5.74, 6) is -0.552. The van der Waals surface area contributed by atoms with E-state index in [0.29, 0.717) is 29.0 Å². The van der Waals surface area contributed by atoms with Crippen molar-refractivity contribution >= 4 is 25.6 Å². The average Bonchev–Trinajstić information content (AvgIpc) is 2.91.